The van der Waals surface area contributed by atoms with Gasteiger partial charge in [-0.05, 0) is 86.2 Å². The minimum absolute atomic E-state index is 0.00529. The molecule has 10 heteroatoms. The van der Waals surface area contributed by atoms with Crippen molar-refractivity contribution in [1.29, 1.82) is 0 Å². The molecule has 198 valence electrons. The minimum Gasteiger partial charge on any atom is -0.492 e. The predicted molar refractivity (Wildman–Crippen MR) is 149 cm³/mol. The van der Waals surface area contributed by atoms with Crippen molar-refractivity contribution in [2.24, 2.45) is 0 Å². The molecule has 1 aliphatic rings. The summed E-state index contributed by atoms with van der Waals surface area (Å²) in [5.74, 6) is 0.684. The minimum atomic E-state index is -2.14. The zero-order valence-electron chi connectivity index (χ0n) is 20.8. The van der Waals surface area contributed by atoms with Crippen LogP contribution < -0.4 is 14.4 Å². The van der Waals surface area contributed by atoms with E-state index in [2.05, 4.69) is 11.4 Å². The van der Waals surface area contributed by atoms with Crippen LogP contribution in [0.2, 0.25) is 5.02 Å². The van der Waals surface area contributed by atoms with E-state index < -0.39 is 17.4 Å². The monoisotopic (exact) mass is 562 g/mol. The molecule has 4 rings (SSSR count). The van der Waals surface area contributed by atoms with Gasteiger partial charge in [-0.1, -0.05) is 29.8 Å². The van der Waals surface area contributed by atoms with Crippen molar-refractivity contribution in [3.63, 3.8) is 0 Å². The largest absolute Gasteiger partial charge is 0.492 e. The Balaban J connectivity index is 1.53. The lowest BCUT2D eigenvalue weighted by molar-refractivity contribution is 0.144. The topological polar surface area (TPSA) is 88.1 Å². The van der Waals surface area contributed by atoms with Crippen LogP contribution in [0.15, 0.2) is 54.6 Å². The van der Waals surface area contributed by atoms with Crippen molar-refractivity contribution >= 4 is 45.3 Å². The lowest BCUT2D eigenvalue weighted by Gasteiger charge is -2.34. The molecule has 0 fully saturated rings. The van der Waals surface area contributed by atoms with Crippen LogP contribution in [-0.2, 0) is 28.8 Å². The molecule has 0 radical (unpaired) electrons. The number of thiophene rings is 1. The molecule has 2 aromatic carbocycles. The second kappa shape index (κ2) is 12.8. The van der Waals surface area contributed by atoms with Crippen LogP contribution in [0, 0.1) is 6.92 Å². The Bertz CT molecular complexity index is 1250. The molecule has 0 spiro atoms. The second-order valence-electron chi connectivity index (χ2n) is 8.88. The number of fused-ring (bicyclic) bond motifs is 1. The van der Waals surface area contributed by atoms with Gasteiger partial charge in [0.15, 0.2) is 0 Å². The molecule has 0 bridgehead atoms. The molecule has 1 aromatic heterocycles. The first kappa shape index (κ1) is 27.4. The summed E-state index contributed by atoms with van der Waals surface area (Å²) in [5, 5.41) is 4.45. The summed E-state index contributed by atoms with van der Waals surface area (Å²) in [6, 6.07) is 17.5. The number of ether oxygens (including phenoxy) is 2. The maximum atomic E-state index is 12.3. The van der Waals surface area contributed by atoms with Gasteiger partial charge in [-0.25, -0.2) is 9.00 Å². The molecule has 7 nitrogen and oxygen atoms in total. The number of aryl methyl sites for hydroxylation is 2. The average Bonchev–Trinajstić information content (AvgIpc) is 3.29. The fourth-order valence-corrected chi connectivity index (χ4v) is 6.46. The summed E-state index contributed by atoms with van der Waals surface area (Å²) in [7, 11) is 0. The fourth-order valence-electron chi connectivity index (χ4n) is 4.70. The molecular formula is C27H31ClN2O5S2. The van der Waals surface area contributed by atoms with E-state index >= 15 is 0 Å². The highest BCUT2D eigenvalue weighted by Gasteiger charge is 2.32. The number of halogens is 1. The number of anilines is 1. The van der Waals surface area contributed by atoms with Crippen molar-refractivity contribution in [1.82, 2.24) is 5.32 Å². The van der Waals surface area contributed by atoms with Crippen LogP contribution in [0.25, 0.3) is 0 Å². The van der Waals surface area contributed by atoms with E-state index in [1.54, 1.807) is 6.92 Å². The standard InChI is InChI=1S/C27H31ClN2O5S2/c1-3-34-27(31)29-25-11-9-20-8-10-22(17-23(20)24(25)16-19-5-4-6-21(28)15-19)35-14-13-30(37(32)33)26-12-7-18(2)36-26/h4-8,10,12,15,17,24-25H,3,9,11,13-14,16H2,1-2H3,(H,29,31)(H,32,33). The molecule has 1 aliphatic carbocycles. The van der Waals surface area contributed by atoms with Gasteiger partial charge < -0.3 is 14.8 Å². The third-order valence-corrected chi connectivity index (χ3v) is 8.50. The first-order chi connectivity index (χ1) is 17.8. The number of hydrogen-bond acceptors (Lipinski definition) is 5. The van der Waals surface area contributed by atoms with Gasteiger partial charge in [-0.15, -0.1) is 11.3 Å². The Kier molecular flexibility index (Phi) is 9.48. The zero-order chi connectivity index (χ0) is 26.4. The average molecular weight is 563 g/mol. The maximum absolute atomic E-state index is 12.3. The molecule has 3 unspecified atom stereocenters. The highest BCUT2D eigenvalue weighted by atomic mass is 35.5. The van der Waals surface area contributed by atoms with Crippen LogP contribution in [0.4, 0.5) is 9.80 Å². The quantitative estimate of drug-likeness (QED) is 0.291. The van der Waals surface area contributed by atoms with E-state index in [9.17, 15) is 13.6 Å². The fraction of sp³-hybridized carbons (Fsp3) is 0.370. The van der Waals surface area contributed by atoms with Crippen molar-refractivity contribution in [3.8, 4) is 5.75 Å². The maximum Gasteiger partial charge on any atom is 0.407 e. The molecule has 3 aromatic rings. The highest BCUT2D eigenvalue weighted by molar-refractivity contribution is 7.81. The Labute approximate surface area is 229 Å². The molecular weight excluding hydrogens is 532 g/mol. The van der Waals surface area contributed by atoms with Crippen molar-refractivity contribution < 1.29 is 23.0 Å². The van der Waals surface area contributed by atoms with E-state index in [4.69, 9.17) is 21.1 Å². The summed E-state index contributed by atoms with van der Waals surface area (Å²) in [5.41, 5.74) is 3.41. The number of carbonyl (C=O) groups excluding carboxylic acids is 1. The molecule has 0 saturated carbocycles. The number of amides is 1. The smallest absolute Gasteiger partial charge is 0.407 e. The lowest BCUT2D eigenvalue weighted by Crippen LogP contribution is -2.43. The van der Waals surface area contributed by atoms with Crippen LogP contribution in [0.3, 0.4) is 0 Å². The van der Waals surface area contributed by atoms with Crippen LogP contribution in [-0.4, -0.2) is 40.7 Å². The number of benzene rings is 2. The van der Waals surface area contributed by atoms with Crippen molar-refractivity contribution in [2.45, 2.75) is 45.1 Å². The van der Waals surface area contributed by atoms with E-state index in [1.807, 2.05) is 55.5 Å². The molecule has 0 aliphatic heterocycles. The number of carbonyl (C=O) groups is 1. The van der Waals surface area contributed by atoms with Gasteiger partial charge in [0.05, 0.1) is 13.2 Å². The summed E-state index contributed by atoms with van der Waals surface area (Å²) >= 11 is 5.57. The predicted octanol–water partition coefficient (Wildman–Crippen LogP) is 6.12. The SMILES string of the molecule is CCOC(=O)NC1CCc2ccc(OCCN(c3ccc(C)s3)S(=O)O)cc2C1Cc1cccc(Cl)c1. The Morgan fingerprint density at radius 2 is 2.08 bits per heavy atom. The molecule has 1 amide bonds. The van der Waals surface area contributed by atoms with Crippen LogP contribution in [0.5, 0.6) is 5.75 Å². The normalized spacial score (nSPS) is 17.5. The summed E-state index contributed by atoms with van der Waals surface area (Å²) in [6.45, 7) is 4.56. The third-order valence-electron chi connectivity index (χ3n) is 6.37. The number of nitrogens with zero attached hydrogens (tertiary/aromatic N) is 1. The molecule has 2 N–H and O–H groups in total. The van der Waals surface area contributed by atoms with E-state index in [-0.39, 0.29) is 25.1 Å². The number of rotatable bonds is 10. The first-order valence-electron chi connectivity index (χ1n) is 12.2. The summed E-state index contributed by atoms with van der Waals surface area (Å²) in [6.07, 6.45) is 1.91. The van der Waals surface area contributed by atoms with Gasteiger partial charge in [0.1, 0.15) is 17.4 Å². The van der Waals surface area contributed by atoms with Crippen molar-refractivity contribution in [2.75, 3.05) is 24.1 Å². The molecule has 0 saturated heterocycles. The second-order valence-corrected chi connectivity index (χ2v) is 11.5. The Morgan fingerprint density at radius 1 is 1.24 bits per heavy atom. The molecule has 1 heterocycles. The van der Waals surface area contributed by atoms with Crippen molar-refractivity contribution in [3.05, 3.63) is 81.2 Å². The third kappa shape index (κ3) is 7.25. The molecule has 3 atom stereocenters. The highest BCUT2D eigenvalue weighted by Crippen LogP contribution is 2.37. The zero-order valence-corrected chi connectivity index (χ0v) is 23.2. The van der Waals surface area contributed by atoms with E-state index in [0.29, 0.717) is 23.8 Å². The number of nitrogens with one attached hydrogen (secondary N) is 1. The Morgan fingerprint density at radius 3 is 2.78 bits per heavy atom. The Hall–Kier alpha value is -2.59. The van der Waals surface area contributed by atoms with Crippen LogP contribution >= 0.6 is 22.9 Å². The summed E-state index contributed by atoms with van der Waals surface area (Å²) < 4.78 is 34.3. The van der Waals surface area contributed by atoms with Gasteiger partial charge in [0.25, 0.3) is 11.3 Å². The summed E-state index contributed by atoms with van der Waals surface area (Å²) in [4.78, 5) is 13.4. The number of hydrogen-bond donors (Lipinski definition) is 2. The van der Waals surface area contributed by atoms with Gasteiger partial charge in [0.2, 0.25) is 0 Å². The van der Waals surface area contributed by atoms with E-state index in [0.717, 1.165) is 33.8 Å². The van der Waals surface area contributed by atoms with E-state index in [1.165, 1.54) is 21.2 Å². The van der Waals surface area contributed by atoms with Gasteiger partial charge >= 0.3 is 6.09 Å². The van der Waals surface area contributed by atoms with Crippen LogP contribution in [0.1, 0.15) is 40.8 Å². The molecule has 37 heavy (non-hydrogen) atoms. The van der Waals surface area contributed by atoms with Gasteiger partial charge in [-0.3, -0.25) is 8.86 Å². The lowest BCUT2D eigenvalue weighted by atomic mass is 9.76. The number of alkyl carbamates (subject to hydrolysis) is 1. The van der Waals surface area contributed by atoms with Gasteiger partial charge in [0, 0.05) is 21.9 Å². The first-order valence-corrected chi connectivity index (χ1v) is 14.5. The van der Waals surface area contributed by atoms with Gasteiger partial charge in [-0.2, -0.15) is 0 Å².